The Morgan fingerprint density at radius 3 is 2.90 bits per heavy atom. The minimum atomic E-state index is -0.988. The number of hydrogen-bond acceptors (Lipinski definition) is 4. The highest BCUT2D eigenvalue weighted by Gasteiger charge is 2.53. The van der Waals surface area contributed by atoms with Gasteiger partial charge in [-0.25, -0.2) is 4.79 Å². The molecule has 0 bridgehead atoms. The summed E-state index contributed by atoms with van der Waals surface area (Å²) in [6, 6.07) is 5.35. The van der Waals surface area contributed by atoms with E-state index in [1.807, 2.05) is 6.07 Å². The predicted octanol–water partition coefficient (Wildman–Crippen LogP) is 3.52. The van der Waals surface area contributed by atoms with Crippen molar-refractivity contribution < 1.29 is 19.0 Å². The zero-order valence-electron chi connectivity index (χ0n) is 10.9. The number of hydrogen-bond donors (Lipinski definition) is 0. The van der Waals surface area contributed by atoms with E-state index in [2.05, 4.69) is 15.9 Å². The van der Waals surface area contributed by atoms with E-state index >= 15 is 0 Å². The number of cyclic esters (lactones) is 1. The van der Waals surface area contributed by atoms with Crippen molar-refractivity contribution in [3.8, 4) is 0 Å². The number of benzene rings is 1. The van der Waals surface area contributed by atoms with Crippen LogP contribution in [0.4, 0.5) is 0 Å². The maximum Gasteiger partial charge on any atom is 0.339 e. The van der Waals surface area contributed by atoms with Gasteiger partial charge in [-0.05, 0) is 29.8 Å². The molecule has 0 radical (unpaired) electrons. The molecular formula is C14H12BrClO4. The maximum absolute atomic E-state index is 12.2. The average Bonchev–Trinajstić information content (AvgIpc) is 3.07. The first-order chi connectivity index (χ1) is 9.35. The molecule has 0 amide bonds. The summed E-state index contributed by atoms with van der Waals surface area (Å²) in [5.41, 5.74) is 1.22. The van der Waals surface area contributed by atoms with Gasteiger partial charge in [0.05, 0.1) is 5.57 Å². The van der Waals surface area contributed by atoms with Crippen LogP contribution in [-0.2, 0) is 19.0 Å². The molecule has 2 heterocycles. The SMILES string of the molecule is CC1(C)OC(=O)/C(=C\c2cc(Cl)ccc2Br)C2OC2O1. The Morgan fingerprint density at radius 2 is 2.15 bits per heavy atom. The molecule has 2 aliphatic rings. The third-order valence-corrected chi connectivity index (χ3v) is 3.96. The summed E-state index contributed by atoms with van der Waals surface area (Å²) in [6.45, 7) is 3.36. The van der Waals surface area contributed by atoms with Gasteiger partial charge >= 0.3 is 5.97 Å². The largest absolute Gasteiger partial charge is 0.430 e. The van der Waals surface area contributed by atoms with Crippen molar-refractivity contribution >= 4 is 39.6 Å². The second-order valence-corrected chi connectivity index (χ2v) is 6.39. The Morgan fingerprint density at radius 1 is 1.40 bits per heavy atom. The third-order valence-electron chi connectivity index (χ3n) is 3.00. The molecule has 2 atom stereocenters. The van der Waals surface area contributed by atoms with Crippen molar-refractivity contribution in [3.05, 3.63) is 38.8 Å². The monoisotopic (exact) mass is 358 g/mol. The zero-order chi connectivity index (χ0) is 14.5. The molecule has 20 heavy (non-hydrogen) atoms. The fourth-order valence-corrected chi connectivity index (χ4v) is 2.59. The molecule has 2 aliphatic heterocycles. The van der Waals surface area contributed by atoms with Crippen molar-refractivity contribution in [3.63, 3.8) is 0 Å². The molecule has 0 aromatic heterocycles. The van der Waals surface area contributed by atoms with E-state index in [1.165, 1.54) is 0 Å². The first kappa shape index (κ1) is 14.1. The number of ether oxygens (including phenoxy) is 3. The molecule has 0 N–H and O–H groups in total. The van der Waals surface area contributed by atoms with Crippen LogP contribution in [0.15, 0.2) is 28.2 Å². The lowest BCUT2D eigenvalue weighted by molar-refractivity contribution is -0.224. The van der Waals surface area contributed by atoms with Gasteiger partial charge in [-0.1, -0.05) is 27.5 Å². The predicted molar refractivity (Wildman–Crippen MR) is 77.0 cm³/mol. The molecule has 0 spiro atoms. The summed E-state index contributed by atoms with van der Waals surface area (Å²) in [5, 5.41) is 0.590. The Bertz CT molecular complexity index is 611. The molecule has 1 aromatic carbocycles. The highest BCUT2D eigenvalue weighted by atomic mass is 79.9. The van der Waals surface area contributed by atoms with Crippen LogP contribution in [-0.4, -0.2) is 24.2 Å². The van der Waals surface area contributed by atoms with Gasteiger partial charge < -0.3 is 14.2 Å². The lowest BCUT2D eigenvalue weighted by Crippen LogP contribution is -2.30. The Hall–Kier alpha value is -0.880. The molecule has 0 saturated carbocycles. The highest BCUT2D eigenvalue weighted by Crippen LogP contribution is 2.39. The van der Waals surface area contributed by atoms with E-state index in [0.29, 0.717) is 10.6 Å². The van der Waals surface area contributed by atoms with Crippen LogP contribution >= 0.6 is 27.5 Å². The standard InChI is InChI=1S/C14H12BrClO4/c1-14(2)19-12(17)9(11-13(18-11)20-14)6-7-5-8(16)3-4-10(7)15/h3-6,11,13H,1-2H3/b9-6-. The van der Waals surface area contributed by atoms with Crippen LogP contribution in [0, 0.1) is 0 Å². The first-order valence-corrected chi connectivity index (χ1v) is 7.26. The average molecular weight is 360 g/mol. The number of carbonyl (C=O) groups excluding carboxylic acids is 1. The summed E-state index contributed by atoms with van der Waals surface area (Å²) in [6.07, 6.45) is 0.907. The van der Waals surface area contributed by atoms with E-state index < -0.39 is 18.0 Å². The molecule has 6 heteroatoms. The van der Waals surface area contributed by atoms with Crippen molar-refractivity contribution in [2.75, 3.05) is 0 Å². The fraction of sp³-hybridized carbons (Fsp3) is 0.357. The van der Waals surface area contributed by atoms with Gasteiger partial charge in [0, 0.05) is 23.3 Å². The van der Waals surface area contributed by atoms with Crippen LogP contribution in [0.3, 0.4) is 0 Å². The van der Waals surface area contributed by atoms with Gasteiger partial charge in [0.1, 0.15) is 6.10 Å². The van der Waals surface area contributed by atoms with E-state index in [4.69, 9.17) is 25.8 Å². The number of fused-ring (bicyclic) bond motifs is 1. The van der Waals surface area contributed by atoms with Crippen LogP contribution in [0.5, 0.6) is 0 Å². The Kier molecular flexibility index (Phi) is 3.41. The lowest BCUT2D eigenvalue weighted by atomic mass is 10.1. The summed E-state index contributed by atoms with van der Waals surface area (Å²) in [4.78, 5) is 12.2. The van der Waals surface area contributed by atoms with Gasteiger partial charge in [0.15, 0.2) is 6.29 Å². The van der Waals surface area contributed by atoms with Gasteiger partial charge in [0.2, 0.25) is 5.79 Å². The van der Waals surface area contributed by atoms with E-state index in [0.717, 1.165) is 10.0 Å². The van der Waals surface area contributed by atoms with Crippen LogP contribution in [0.1, 0.15) is 19.4 Å². The molecule has 2 fully saturated rings. The zero-order valence-corrected chi connectivity index (χ0v) is 13.2. The van der Waals surface area contributed by atoms with Crippen molar-refractivity contribution in [2.24, 2.45) is 0 Å². The second kappa shape index (κ2) is 4.84. The number of epoxide rings is 1. The highest BCUT2D eigenvalue weighted by molar-refractivity contribution is 9.10. The topological polar surface area (TPSA) is 48.1 Å². The van der Waals surface area contributed by atoms with Crippen molar-refractivity contribution in [1.82, 2.24) is 0 Å². The number of carbonyl (C=O) groups is 1. The number of rotatable bonds is 1. The van der Waals surface area contributed by atoms with Gasteiger partial charge in [-0.3, -0.25) is 0 Å². The molecule has 2 saturated heterocycles. The summed E-state index contributed by atoms with van der Waals surface area (Å²) >= 11 is 9.40. The first-order valence-electron chi connectivity index (χ1n) is 6.09. The molecule has 3 rings (SSSR count). The van der Waals surface area contributed by atoms with Crippen molar-refractivity contribution in [2.45, 2.75) is 32.0 Å². The number of halogens is 2. The molecule has 1 aromatic rings. The van der Waals surface area contributed by atoms with Gasteiger partial charge in [0.25, 0.3) is 0 Å². The number of esters is 1. The lowest BCUT2D eigenvalue weighted by Gasteiger charge is -2.22. The Balaban J connectivity index is 1.98. The normalized spacial score (nSPS) is 29.6. The van der Waals surface area contributed by atoms with E-state index in [1.54, 1.807) is 32.1 Å². The van der Waals surface area contributed by atoms with Crippen LogP contribution in [0.25, 0.3) is 6.08 Å². The van der Waals surface area contributed by atoms with Gasteiger partial charge in [-0.2, -0.15) is 0 Å². The summed E-state index contributed by atoms with van der Waals surface area (Å²) < 4.78 is 17.0. The minimum Gasteiger partial charge on any atom is -0.430 e. The summed E-state index contributed by atoms with van der Waals surface area (Å²) in [5.74, 6) is -1.43. The second-order valence-electron chi connectivity index (χ2n) is 5.10. The molecule has 0 aliphatic carbocycles. The van der Waals surface area contributed by atoms with Crippen LogP contribution < -0.4 is 0 Å². The quantitative estimate of drug-likeness (QED) is 0.437. The summed E-state index contributed by atoms with van der Waals surface area (Å²) in [7, 11) is 0. The maximum atomic E-state index is 12.2. The van der Waals surface area contributed by atoms with Crippen molar-refractivity contribution in [1.29, 1.82) is 0 Å². The van der Waals surface area contributed by atoms with E-state index in [-0.39, 0.29) is 6.10 Å². The molecule has 2 unspecified atom stereocenters. The molecule has 106 valence electrons. The molecular weight excluding hydrogens is 348 g/mol. The third kappa shape index (κ3) is 2.76. The smallest absolute Gasteiger partial charge is 0.339 e. The fourth-order valence-electron chi connectivity index (χ4n) is 2.04. The molecule has 4 nitrogen and oxygen atoms in total. The van der Waals surface area contributed by atoms with Gasteiger partial charge in [-0.15, -0.1) is 0 Å². The van der Waals surface area contributed by atoms with E-state index in [9.17, 15) is 4.79 Å². The Labute approximate surface area is 129 Å². The minimum absolute atomic E-state index is 0.379. The van der Waals surface area contributed by atoms with Crippen LogP contribution in [0.2, 0.25) is 5.02 Å².